The van der Waals surface area contributed by atoms with Gasteiger partial charge in [0, 0.05) is 10.9 Å². The van der Waals surface area contributed by atoms with Crippen LogP contribution in [-0.2, 0) is 34.9 Å². The van der Waals surface area contributed by atoms with E-state index in [1.165, 1.54) is 11.1 Å². The number of nitrogens with one attached hydrogen (secondary N) is 1. The highest BCUT2D eigenvalue weighted by Gasteiger charge is 2.28. The number of phenols is 1. The van der Waals surface area contributed by atoms with Crippen molar-refractivity contribution in [1.29, 1.82) is 0 Å². The van der Waals surface area contributed by atoms with Crippen molar-refractivity contribution in [2.75, 3.05) is 5.32 Å². The number of phenolic OH excluding ortho intramolecular Hbond substituents is 1. The third-order valence-electron chi connectivity index (χ3n) is 7.95. The van der Waals surface area contributed by atoms with Crippen LogP contribution in [0.3, 0.4) is 0 Å². The lowest BCUT2D eigenvalue weighted by molar-refractivity contribution is -0.115. The summed E-state index contributed by atoms with van der Waals surface area (Å²) < 4.78 is 5.81. The first kappa shape index (κ1) is 27.7. The fourth-order valence-corrected chi connectivity index (χ4v) is 5.82. The van der Waals surface area contributed by atoms with E-state index in [0.717, 1.165) is 52.5 Å². The molecule has 0 atom stereocenters. The minimum absolute atomic E-state index is 0.0569. The van der Waals surface area contributed by atoms with E-state index in [1.54, 1.807) is 0 Å². The van der Waals surface area contributed by atoms with Crippen LogP contribution < -0.4 is 10.9 Å². The summed E-state index contributed by atoms with van der Waals surface area (Å²) in [4.78, 5) is 27.0. The summed E-state index contributed by atoms with van der Waals surface area (Å²) in [6.07, 6.45) is 3.11. The molecule has 40 heavy (non-hydrogen) atoms. The zero-order valence-electron chi connectivity index (χ0n) is 24.6. The van der Waals surface area contributed by atoms with Crippen LogP contribution >= 0.6 is 0 Å². The molecule has 0 unspecified atom stereocenters. The lowest BCUT2D eigenvalue weighted by Gasteiger charge is -2.28. The normalized spacial score (nSPS) is 13.5. The summed E-state index contributed by atoms with van der Waals surface area (Å²) in [5.41, 5.74) is 6.98. The molecule has 4 aromatic rings. The molecule has 0 saturated heterocycles. The van der Waals surface area contributed by atoms with E-state index >= 15 is 0 Å². The number of anilines is 1. The highest BCUT2D eigenvalue weighted by molar-refractivity contribution is 6.05. The van der Waals surface area contributed by atoms with Gasteiger partial charge in [0.2, 0.25) is 5.91 Å². The number of benzene rings is 3. The summed E-state index contributed by atoms with van der Waals surface area (Å²) in [6.45, 7) is 14.3. The maximum Gasteiger partial charge on any atom is 0.360 e. The van der Waals surface area contributed by atoms with E-state index in [0.29, 0.717) is 11.1 Å². The Bertz CT molecular complexity index is 1660. The Hall–Kier alpha value is -3.86. The van der Waals surface area contributed by atoms with Gasteiger partial charge in [0.05, 0.1) is 6.42 Å². The van der Waals surface area contributed by atoms with Gasteiger partial charge in [-0.3, -0.25) is 4.79 Å². The lowest BCUT2D eigenvalue weighted by atomic mass is 9.78. The Morgan fingerprint density at radius 3 is 2.12 bits per heavy atom. The maximum absolute atomic E-state index is 13.6. The quantitative estimate of drug-likeness (QED) is 0.261. The zero-order valence-corrected chi connectivity index (χ0v) is 24.6. The monoisotopic (exact) mass is 537 g/mol. The first-order valence-corrected chi connectivity index (χ1v) is 14.1. The van der Waals surface area contributed by atoms with Crippen LogP contribution in [0.1, 0.15) is 81.3 Å². The number of hydrogen-bond acceptors (Lipinski definition) is 4. The second-order valence-electron chi connectivity index (χ2n) is 13.2. The summed E-state index contributed by atoms with van der Waals surface area (Å²) in [5.74, 6) is -0.0400. The molecule has 5 heteroatoms. The van der Waals surface area contributed by atoms with Gasteiger partial charge in [-0.2, -0.15) is 0 Å². The number of carbonyl (C=O) groups is 1. The molecule has 208 valence electrons. The second-order valence-corrected chi connectivity index (χ2v) is 13.2. The zero-order chi connectivity index (χ0) is 29.0. The largest absolute Gasteiger partial charge is 0.507 e. The molecule has 1 aromatic heterocycles. The summed E-state index contributed by atoms with van der Waals surface area (Å²) in [5, 5.41) is 14.9. The SMILES string of the molecule is Cc1ccccc1-c1c(NC(=O)Cc2cc(C(C)(C)C)c(O)c(C(C)(C)C)c2)c(=O)oc2cc3c(cc12)CCC3. The van der Waals surface area contributed by atoms with Gasteiger partial charge >= 0.3 is 5.63 Å². The van der Waals surface area contributed by atoms with Gasteiger partial charge in [-0.15, -0.1) is 0 Å². The molecule has 0 saturated carbocycles. The predicted octanol–water partition coefficient (Wildman–Crippen LogP) is 7.74. The molecule has 0 bridgehead atoms. The van der Waals surface area contributed by atoms with Crippen LogP contribution in [0, 0.1) is 6.92 Å². The van der Waals surface area contributed by atoms with E-state index in [4.69, 9.17) is 4.42 Å². The van der Waals surface area contributed by atoms with Crippen LogP contribution in [0.2, 0.25) is 0 Å². The molecule has 1 amide bonds. The molecule has 0 aliphatic heterocycles. The van der Waals surface area contributed by atoms with E-state index in [2.05, 4.69) is 11.4 Å². The summed E-state index contributed by atoms with van der Waals surface area (Å²) >= 11 is 0. The fraction of sp³-hybridized carbons (Fsp3) is 0.371. The van der Waals surface area contributed by atoms with E-state index in [9.17, 15) is 14.7 Å². The van der Waals surface area contributed by atoms with E-state index < -0.39 is 5.63 Å². The van der Waals surface area contributed by atoms with Crippen molar-refractivity contribution in [2.24, 2.45) is 0 Å². The number of aryl methyl sites for hydroxylation is 3. The smallest absolute Gasteiger partial charge is 0.360 e. The molecule has 1 aliphatic carbocycles. The van der Waals surface area contributed by atoms with Gasteiger partial charge in [0.25, 0.3) is 0 Å². The van der Waals surface area contributed by atoms with Gasteiger partial charge in [-0.25, -0.2) is 4.79 Å². The molecule has 1 heterocycles. The van der Waals surface area contributed by atoms with Crippen LogP contribution in [0.4, 0.5) is 5.69 Å². The van der Waals surface area contributed by atoms with Gasteiger partial charge in [-0.05, 0) is 88.1 Å². The predicted molar refractivity (Wildman–Crippen MR) is 163 cm³/mol. The van der Waals surface area contributed by atoms with Gasteiger partial charge in [0.1, 0.15) is 17.0 Å². The van der Waals surface area contributed by atoms with Crippen LogP contribution in [0.5, 0.6) is 5.75 Å². The number of carbonyl (C=O) groups excluding carboxylic acids is 1. The van der Waals surface area contributed by atoms with E-state index in [-0.39, 0.29) is 34.6 Å². The van der Waals surface area contributed by atoms with Crippen LogP contribution in [0.25, 0.3) is 22.1 Å². The average molecular weight is 538 g/mol. The molecular weight excluding hydrogens is 498 g/mol. The number of rotatable bonds is 4. The van der Waals surface area contributed by atoms with Gasteiger partial charge in [0.15, 0.2) is 0 Å². The highest BCUT2D eigenvalue weighted by Crippen LogP contribution is 2.41. The molecule has 3 aromatic carbocycles. The molecular formula is C35H39NO4. The maximum atomic E-state index is 13.6. The second kappa shape index (κ2) is 9.96. The van der Waals surface area contributed by atoms with Crippen molar-refractivity contribution in [1.82, 2.24) is 0 Å². The molecule has 5 nitrogen and oxygen atoms in total. The van der Waals surface area contributed by atoms with Gasteiger partial charge in [-0.1, -0.05) is 77.9 Å². The van der Waals surface area contributed by atoms with Crippen molar-refractivity contribution in [3.05, 3.63) is 92.3 Å². The van der Waals surface area contributed by atoms with Crippen molar-refractivity contribution in [3.63, 3.8) is 0 Å². The number of hydrogen-bond donors (Lipinski definition) is 2. The third-order valence-corrected chi connectivity index (χ3v) is 7.95. The van der Waals surface area contributed by atoms with E-state index in [1.807, 2.05) is 90.9 Å². The first-order chi connectivity index (χ1) is 18.7. The first-order valence-electron chi connectivity index (χ1n) is 14.1. The van der Waals surface area contributed by atoms with Crippen LogP contribution in [0.15, 0.2) is 57.7 Å². The Morgan fingerprint density at radius 1 is 0.925 bits per heavy atom. The lowest BCUT2D eigenvalue weighted by Crippen LogP contribution is -2.22. The summed E-state index contributed by atoms with van der Waals surface area (Å²) in [6, 6.07) is 15.8. The number of amides is 1. The molecule has 2 N–H and O–H groups in total. The molecule has 0 spiro atoms. The number of aromatic hydroxyl groups is 1. The van der Waals surface area contributed by atoms with Crippen molar-refractivity contribution in [3.8, 4) is 16.9 Å². The molecule has 5 rings (SSSR count). The van der Waals surface area contributed by atoms with Crippen molar-refractivity contribution < 1.29 is 14.3 Å². The topological polar surface area (TPSA) is 79.5 Å². The van der Waals surface area contributed by atoms with Crippen molar-refractivity contribution in [2.45, 2.75) is 85.0 Å². The van der Waals surface area contributed by atoms with Crippen LogP contribution in [-0.4, -0.2) is 11.0 Å². The number of fused-ring (bicyclic) bond motifs is 2. The highest BCUT2D eigenvalue weighted by atomic mass is 16.4. The molecule has 1 aliphatic rings. The third kappa shape index (κ3) is 5.17. The summed E-state index contributed by atoms with van der Waals surface area (Å²) in [7, 11) is 0. The average Bonchev–Trinajstić information content (AvgIpc) is 3.31. The Balaban J connectivity index is 1.61. The van der Waals surface area contributed by atoms with Crippen molar-refractivity contribution >= 4 is 22.6 Å². The van der Waals surface area contributed by atoms with Gasteiger partial charge < -0.3 is 14.8 Å². The Kier molecular flexibility index (Phi) is 6.89. The molecule has 0 fully saturated rings. The minimum atomic E-state index is -0.562. The minimum Gasteiger partial charge on any atom is -0.507 e. The Morgan fingerprint density at radius 2 is 1.52 bits per heavy atom. The Labute approximate surface area is 236 Å². The fourth-order valence-electron chi connectivity index (χ4n) is 5.82. The standard InChI is InChI=1S/C35H39NO4/c1-20-11-8-9-14-24(20)30-25-18-22-12-10-13-23(22)19-28(25)40-33(39)31(30)36-29(37)17-21-15-26(34(2,3)4)32(38)27(16-21)35(5,6)7/h8-9,11,14-16,18-19,38H,10,12-13,17H2,1-7H3,(H,36,37). The molecule has 0 radical (unpaired) electrons.